The summed E-state index contributed by atoms with van der Waals surface area (Å²) >= 11 is 0. The minimum absolute atomic E-state index is 0.373. The van der Waals surface area contributed by atoms with Gasteiger partial charge < -0.3 is 9.31 Å². The molecule has 1 unspecified atom stereocenters. The molecule has 4 heteroatoms. The van der Waals surface area contributed by atoms with E-state index in [0.29, 0.717) is 0 Å². The van der Waals surface area contributed by atoms with Gasteiger partial charge >= 0.3 is 7.12 Å². The standard InChI is InChI=1S/C15H17BNO2/c1-14(2)15(3,4)19-16(18-14)12-7-8-13-11(10-12)6-5-9-17-13/h5-10H,1H2,2-4H3/q+1. The Bertz CT molecular complexity index is 608. The van der Waals surface area contributed by atoms with Crippen molar-refractivity contribution in [3.8, 4) is 0 Å². The molecule has 1 saturated heterocycles. The molecule has 3 nitrogen and oxygen atoms in total. The van der Waals surface area contributed by atoms with Gasteiger partial charge in [0.1, 0.15) is 5.60 Å². The zero-order valence-corrected chi connectivity index (χ0v) is 11.5. The molecule has 3 rings (SSSR count). The van der Waals surface area contributed by atoms with Crippen molar-refractivity contribution in [2.45, 2.75) is 32.0 Å². The second-order valence-electron chi connectivity index (χ2n) is 5.76. The van der Waals surface area contributed by atoms with Gasteiger partial charge in [0, 0.05) is 13.1 Å². The lowest BCUT2D eigenvalue weighted by molar-refractivity contribution is 0.0262. The Morgan fingerprint density at radius 3 is 2.63 bits per heavy atom. The number of hydrogen-bond donors (Lipinski definition) is 0. The molecule has 2 heterocycles. The molecule has 0 N–H and O–H groups in total. The van der Waals surface area contributed by atoms with E-state index < -0.39 is 11.2 Å². The summed E-state index contributed by atoms with van der Waals surface area (Å²) in [7, 11) is -0.373. The first-order valence-corrected chi connectivity index (χ1v) is 6.45. The van der Waals surface area contributed by atoms with Crippen molar-refractivity contribution in [2.24, 2.45) is 0 Å². The predicted octanol–water partition coefficient (Wildman–Crippen LogP) is 2.35. The number of pyridine rings is 1. The second kappa shape index (κ2) is 3.99. The molecule has 1 aliphatic rings. The van der Waals surface area contributed by atoms with Gasteiger partial charge in [0.15, 0.2) is 0 Å². The molecule has 1 aromatic carbocycles. The molecule has 1 atom stereocenters. The molecule has 96 valence electrons. The van der Waals surface area contributed by atoms with E-state index in [1.54, 1.807) is 6.20 Å². The first kappa shape index (κ1) is 12.5. The van der Waals surface area contributed by atoms with Crippen molar-refractivity contribution in [2.75, 3.05) is 0 Å². The van der Waals surface area contributed by atoms with Gasteiger partial charge in [-0.1, -0.05) is 18.2 Å². The fourth-order valence-electron chi connectivity index (χ4n) is 2.17. The molecule has 1 aliphatic heterocycles. The average molecular weight is 254 g/mol. The number of benzene rings is 1. The first-order valence-electron chi connectivity index (χ1n) is 6.45. The van der Waals surface area contributed by atoms with Crippen LogP contribution in [0.25, 0.3) is 10.9 Å². The topological polar surface area (TPSA) is 31.4 Å². The van der Waals surface area contributed by atoms with Crippen LogP contribution in [0.3, 0.4) is 0 Å². The summed E-state index contributed by atoms with van der Waals surface area (Å²) in [4.78, 5) is 4.31. The first-order chi connectivity index (χ1) is 8.89. The number of rotatable bonds is 1. The maximum absolute atomic E-state index is 5.99. The fraction of sp³-hybridized carbons (Fsp3) is 0.333. The van der Waals surface area contributed by atoms with Crippen LogP contribution in [0.4, 0.5) is 0 Å². The third kappa shape index (κ3) is 2.01. The van der Waals surface area contributed by atoms with Gasteiger partial charge in [-0.15, -0.1) is 0 Å². The Morgan fingerprint density at radius 2 is 1.95 bits per heavy atom. The van der Waals surface area contributed by atoms with Gasteiger partial charge in [0.05, 0.1) is 12.4 Å². The SMILES string of the molecule is [CH2+]C1(C)OB(c2ccc3ncccc3c2)OC1(C)C. The summed E-state index contributed by atoms with van der Waals surface area (Å²) in [5.41, 5.74) is 1.00. The van der Waals surface area contributed by atoms with E-state index in [2.05, 4.69) is 18.0 Å². The summed E-state index contributed by atoms with van der Waals surface area (Å²) in [5.74, 6) is 0. The van der Waals surface area contributed by atoms with Gasteiger partial charge in [0.25, 0.3) is 0 Å². The molecule has 0 spiro atoms. The third-order valence-corrected chi connectivity index (χ3v) is 3.94. The van der Waals surface area contributed by atoms with Crippen LogP contribution in [-0.2, 0) is 9.31 Å². The van der Waals surface area contributed by atoms with E-state index in [1.807, 2.05) is 45.0 Å². The lowest BCUT2D eigenvalue weighted by atomic mass is 9.78. The largest absolute Gasteiger partial charge is 0.498 e. The summed E-state index contributed by atoms with van der Waals surface area (Å²) < 4.78 is 11.9. The van der Waals surface area contributed by atoms with E-state index in [0.717, 1.165) is 16.4 Å². The summed E-state index contributed by atoms with van der Waals surface area (Å²) in [6.45, 7) is 10.1. The van der Waals surface area contributed by atoms with Crippen LogP contribution in [0, 0.1) is 6.92 Å². The van der Waals surface area contributed by atoms with Gasteiger partial charge in [0.2, 0.25) is 5.60 Å². The van der Waals surface area contributed by atoms with Crippen LogP contribution in [0.5, 0.6) is 0 Å². The smallest absolute Gasteiger partial charge is 0.395 e. The Labute approximate surface area is 114 Å². The van der Waals surface area contributed by atoms with Crippen LogP contribution in [0.1, 0.15) is 20.8 Å². The van der Waals surface area contributed by atoms with Crippen molar-refractivity contribution < 1.29 is 9.31 Å². The zero-order chi connectivity index (χ0) is 13.7. The second-order valence-corrected chi connectivity index (χ2v) is 5.76. The Hall–Kier alpha value is -1.52. The van der Waals surface area contributed by atoms with Crippen LogP contribution >= 0.6 is 0 Å². The molecule has 1 aromatic heterocycles. The van der Waals surface area contributed by atoms with Crippen LogP contribution < -0.4 is 5.46 Å². The minimum atomic E-state index is -0.554. The van der Waals surface area contributed by atoms with Crippen molar-refractivity contribution in [3.05, 3.63) is 43.5 Å². The quantitative estimate of drug-likeness (QED) is 0.578. The van der Waals surface area contributed by atoms with Crippen molar-refractivity contribution in [1.29, 1.82) is 0 Å². The molecule has 0 aliphatic carbocycles. The Morgan fingerprint density at radius 1 is 1.16 bits per heavy atom. The summed E-state index contributed by atoms with van der Waals surface area (Å²) in [6, 6.07) is 10.0. The van der Waals surface area contributed by atoms with Crippen LogP contribution in [0.15, 0.2) is 36.5 Å². The molecule has 0 radical (unpaired) electrons. The zero-order valence-electron chi connectivity index (χ0n) is 11.5. The monoisotopic (exact) mass is 254 g/mol. The van der Waals surface area contributed by atoms with Gasteiger partial charge in [-0.25, -0.2) is 0 Å². The highest BCUT2D eigenvalue weighted by atomic mass is 16.7. The molecule has 2 aromatic rings. The maximum Gasteiger partial charge on any atom is 0.498 e. The fourth-order valence-corrected chi connectivity index (χ4v) is 2.17. The molecular formula is C15H17BNO2+. The summed E-state index contributed by atoms with van der Waals surface area (Å²) in [5, 5.41) is 1.09. The van der Waals surface area contributed by atoms with E-state index >= 15 is 0 Å². The lowest BCUT2D eigenvalue weighted by Gasteiger charge is -2.25. The molecule has 1 fully saturated rings. The Kier molecular flexibility index (Phi) is 2.63. The highest BCUT2D eigenvalue weighted by Crippen LogP contribution is 2.36. The lowest BCUT2D eigenvalue weighted by Crippen LogP contribution is -2.42. The van der Waals surface area contributed by atoms with E-state index in [-0.39, 0.29) is 7.12 Å². The predicted molar refractivity (Wildman–Crippen MR) is 77.1 cm³/mol. The van der Waals surface area contributed by atoms with Crippen molar-refractivity contribution in [3.63, 3.8) is 0 Å². The van der Waals surface area contributed by atoms with E-state index in [4.69, 9.17) is 9.31 Å². The number of fused-ring (bicyclic) bond motifs is 1. The van der Waals surface area contributed by atoms with Gasteiger partial charge in [-0.2, -0.15) is 0 Å². The molecular weight excluding hydrogens is 237 g/mol. The number of aromatic nitrogens is 1. The molecule has 19 heavy (non-hydrogen) atoms. The van der Waals surface area contributed by atoms with Gasteiger partial charge in [-0.3, -0.25) is 4.98 Å². The van der Waals surface area contributed by atoms with Gasteiger partial charge in [-0.05, 0) is 36.8 Å². The average Bonchev–Trinajstić information content (AvgIpc) is 2.58. The summed E-state index contributed by atoms with van der Waals surface area (Å²) in [6.07, 6.45) is 1.79. The van der Waals surface area contributed by atoms with E-state index in [9.17, 15) is 0 Å². The van der Waals surface area contributed by atoms with Crippen LogP contribution in [0.2, 0.25) is 0 Å². The Balaban J connectivity index is 1.98. The third-order valence-electron chi connectivity index (χ3n) is 3.94. The van der Waals surface area contributed by atoms with E-state index in [1.165, 1.54) is 0 Å². The van der Waals surface area contributed by atoms with Crippen molar-refractivity contribution >= 4 is 23.5 Å². The highest BCUT2D eigenvalue weighted by Gasteiger charge is 2.57. The minimum Gasteiger partial charge on any atom is -0.395 e. The normalized spacial score (nSPS) is 25.9. The molecule has 0 saturated carbocycles. The molecule has 0 amide bonds. The molecule has 0 bridgehead atoms. The van der Waals surface area contributed by atoms with Crippen molar-refractivity contribution in [1.82, 2.24) is 4.98 Å². The number of hydrogen-bond acceptors (Lipinski definition) is 3. The van der Waals surface area contributed by atoms with Crippen LogP contribution in [-0.4, -0.2) is 23.3 Å². The highest BCUT2D eigenvalue weighted by molar-refractivity contribution is 6.62. The number of nitrogens with zero attached hydrogens (tertiary/aromatic N) is 1. The maximum atomic E-state index is 5.99.